The Kier molecular flexibility index (Phi) is 9.56. The number of nitrogens with one attached hydrogen (secondary N) is 1. The van der Waals surface area contributed by atoms with Crippen molar-refractivity contribution in [2.24, 2.45) is 0 Å². The minimum atomic E-state index is -0.532. The number of carbonyl (C=O) groups is 2. The second-order valence-electron chi connectivity index (χ2n) is 8.07. The summed E-state index contributed by atoms with van der Waals surface area (Å²) in [6, 6.07) is 13.3. The molecule has 0 aliphatic heterocycles. The maximum Gasteiger partial charge on any atom is 0.261 e. The minimum absolute atomic E-state index is 0.0117. The van der Waals surface area contributed by atoms with E-state index in [1.807, 2.05) is 77.1 Å². The third kappa shape index (κ3) is 7.39. The molecule has 1 unspecified atom stereocenters. The predicted octanol–water partition coefficient (Wildman–Crippen LogP) is 4.82. The maximum absolute atomic E-state index is 13.2. The van der Waals surface area contributed by atoms with E-state index in [0.29, 0.717) is 25.1 Å². The molecular weight excluding hydrogens is 456 g/mol. The molecule has 0 heterocycles. The van der Waals surface area contributed by atoms with Gasteiger partial charge in [0.1, 0.15) is 11.8 Å². The number of aryl methyl sites for hydroxylation is 2. The number of benzene rings is 2. The lowest BCUT2D eigenvalue weighted by Crippen LogP contribution is -2.52. The van der Waals surface area contributed by atoms with E-state index < -0.39 is 6.04 Å². The zero-order valence-corrected chi connectivity index (χ0v) is 20.7. The Morgan fingerprint density at radius 3 is 2.26 bits per heavy atom. The summed E-state index contributed by atoms with van der Waals surface area (Å²) in [5.41, 5.74) is 3.22. The number of nitrogens with zero attached hydrogens (tertiary/aromatic N) is 1. The van der Waals surface area contributed by atoms with Crippen molar-refractivity contribution in [3.05, 3.63) is 63.6 Å². The number of rotatable bonds is 10. The first-order chi connectivity index (χ1) is 14.7. The van der Waals surface area contributed by atoms with Crippen molar-refractivity contribution in [2.75, 3.05) is 13.2 Å². The Labute approximate surface area is 194 Å². The molecule has 0 saturated heterocycles. The molecule has 0 fully saturated rings. The molecule has 5 nitrogen and oxygen atoms in total. The highest BCUT2D eigenvalue weighted by atomic mass is 79.9. The monoisotopic (exact) mass is 488 g/mol. The van der Waals surface area contributed by atoms with Crippen molar-refractivity contribution in [3.8, 4) is 5.75 Å². The van der Waals surface area contributed by atoms with Gasteiger partial charge in [-0.15, -0.1) is 0 Å². The first-order valence-electron chi connectivity index (χ1n) is 10.8. The van der Waals surface area contributed by atoms with E-state index >= 15 is 0 Å². The molecule has 0 aromatic heterocycles. The van der Waals surface area contributed by atoms with Crippen molar-refractivity contribution >= 4 is 27.7 Å². The molecule has 2 aromatic rings. The molecule has 0 radical (unpaired) electrons. The van der Waals surface area contributed by atoms with Crippen LogP contribution in [0.1, 0.15) is 43.9 Å². The zero-order chi connectivity index (χ0) is 23.0. The summed E-state index contributed by atoms with van der Waals surface area (Å²) in [6.45, 7) is 10.1. The number of carbonyl (C=O) groups excluding carboxylic acids is 2. The molecule has 0 saturated carbocycles. The summed E-state index contributed by atoms with van der Waals surface area (Å²) in [4.78, 5) is 27.6. The topological polar surface area (TPSA) is 58.6 Å². The minimum Gasteiger partial charge on any atom is -0.484 e. The van der Waals surface area contributed by atoms with Gasteiger partial charge >= 0.3 is 0 Å². The van der Waals surface area contributed by atoms with Crippen molar-refractivity contribution in [1.29, 1.82) is 0 Å². The third-order valence-electron chi connectivity index (χ3n) is 5.07. The van der Waals surface area contributed by atoms with Crippen LogP contribution in [-0.4, -0.2) is 41.9 Å². The Balaban J connectivity index is 2.16. The first-order valence-corrected chi connectivity index (χ1v) is 11.6. The molecule has 2 rings (SSSR count). The highest BCUT2D eigenvalue weighted by Crippen LogP contribution is 2.26. The summed E-state index contributed by atoms with van der Waals surface area (Å²) in [5.74, 6) is 0.323. The fourth-order valence-corrected chi connectivity index (χ4v) is 3.72. The average molecular weight is 489 g/mol. The molecule has 168 valence electrons. The summed E-state index contributed by atoms with van der Waals surface area (Å²) < 4.78 is 6.86. The predicted molar refractivity (Wildman–Crippen MR) is 128 cm³/mol. The van der Waals surface area contributed by atoms with Crippen molar-refractivity contribution in [3.63, 3.8) is 0 Å². The van der Waals surface area contributed by atoms with Gasteiger partial charge in [-0.05, 0) is 69.4 Å². The van der Waals surface area contributed by atoms with Crippen LogP contribution in [0.5, 0.6) is 5.75 Å². The molecule has 6 heteroatoms. The molecule has 1 N–H and O–H groups in total. The van der Waals surface area contributed by atoms with Gasteiger partial charge in [0.15, 0.2) is 6.61 Å². The zero-order valence-electron chi connectivity index (χ0n) is 19.1. The summed E-state index contributed by atoms with van der Waals surface area (Å²) in [7, 11) is 0. The number of hydrogen-bond acceptors (Lipinski definition) is 3. The van der Waals surface area contributed by atoms with Crippen LogP contribution in [-0.2, 0) is 16.0 Å². The summed E-state index contributed by atoms with van der Waals surface area (Å²) in [6.07, 6.45) is 1.21. The van der Waals surface area contributed by atoms with Gasteiger partial charge in [0.2, 0.25) is 5.91 Å². The van der Waals surface area contributed by atoms with E-state index in [2.05, 4.69) is 21.2 Å². The third-order valence-corrected chi connectivity index (χ3v) is 6.32. The molecule has 0 aliphatic carbocycles. The lowest BCUT2D eigenvalue weighted by atomic mass is 10.1. The average Bonchev–Trinajstić information content (AvgIpc) is 2.73. The summed E-state index contributed by atoms with van der Waals surface area (Å²) in [5, 5.41) is 2.94. The molecule has 2 amide bonds. The fraction of sp³-hybridized carbons (Fsp3) is 0.440. The fourth-order valence-electron chi connectivity index (χ4n) is 3.49. The number of amides is 2. The number of halogens is 1. The molecule has 2 aromatic carbocycles. The smallest absolute Gasteiger partial charge is 0.261 e. The van der Waals surface area contributed by atoms with Gasteiger partial charge in [-0.2, -0.15) is 0 Å². The van der Waals surface area contributed by atoms with E-state index in [0.717, 1.165) is 21.2 Å². The summed E-state index contributed by atoms with van der Waals surface area (Å²) >= 11 is 3.55. The lowest BCUT2D eigenvalue weighted by molar-refractivity contribution is -0.142. The molecule has 0 bridgehead atoms. The first kappa shape index (κ1) is 24.9. The van der Waals surface area contributed by atoms with E-state index in [-0.39, 0.29) is 24.5 Å². The van der Waals surface area contributed by atoms with Crippen LogP contribution in [0.15, 0.2) is 46.9 Å². The Morgan fingerprint density at radius 2 is 1.71 bits per heavy atom. The normalized spacial score (nSPS) is 11.8. The van der Waals surface area contributed by atoms with Crippen LogP contribution in [0, 0.1) is 13.8 Å². The van der Waals surface area contributed by atoms with Crippen LogP contribution < -0.4 is 10.1 Å². The molecule has 0 aliphatic rings. The van der Waals surface area contributed by atoms with Crippen molar-refractivity contribution in [1.82, 2.24) is 10.2 Å². The van der Waals surface area contributed by atoms with Gasteiger partial charge in [-0.3, -0.25) is 9.59 Å². The van der Waals surface area contributed by atoms with E-state index in [1.54, 1.807) is 4.90 Å². The highest BCUT2D eigenvalue weighted by molar-refractivity contribution is 9.10. The largest absolute Gasteiger partial charge is 0.484 e. The van der Waals surface area contributed by atoms with Gasteiger partial charge in [-0.25, -0.2) is 0 Å². The Morgan fingerprint density at radius 1 is 1.10 bits per heavy atom. The second-order valence-corrected chi connectivity index (χ2v) is 8.86. The Bertz CT molecular complexity index is 861. The maximum atomic E-state index is 13.2. The Hall–Kier alpha value is -2.34. The van der Waals surface area contributed by atoms with Gasteiger partial charge in [0, 0.05) is 17.1 Å². The molecule has 1 atom stereocenters. The second kappa shape index (κ2) is 11.9. The van der Waals surface area contributed by atoms with Crippen LogP contribution >= 0.6 is 15.9 Å². The van der Waals surface area contributed by atoms with Crippen LogP contribution in [0.4, 0.5) is 0 Å². The lowest BCUT2D eigenvalue weighted by Gasteiger charge is -2.31. The van der Waals surface area contributed by atoms with Crippen LogP contribution in [0.3, 0.4) is 0 Å². The quantitative estimate of drug-likeness (QED) is 0.521. The van der Waals surface area contributed by atoms with Gasteiger partial charge in [0.05, 0.1) is 0 Å². The molecule has 31 heavy (non-hydrogen) atoms. The van der Waals surface area contributed by atoms with Crippen molar-refractivity contribution < 1.29 is 14.3 Å². The SMILES string of the molecule is CCC(C(=O)NC(C)C)N(CCc1ccccc1)C(=O)COc1cc(C)c(Br)c(C)c1. The van der Waals surface area contributed by atoms with Gasteiger partial charge in [-0.1, -0.05) is 53.2 Å². The van der Waals surface area contributed by atoms with Crippen LogP contribution in [0.2, 0.25) is 0 Å². The number of ether oxygens (including phenoxy) is 1. The molecular formula is C25H33BrN2O3. The van der Waals surface area contributed by atoms with E-state index in [9.17, 15) is 9.59 Å². The highest BCUT2D eigenvalue weighted by Gasteiger charge is 2.28. The van der Waals surface area contributed by atoms with Crippen LogP contribution in [0.25, 0.3) is 0 Å². The standard InChI is InChI=1S/C25H33BrN2O3/c1-6-22(25(30)27-17(2)3)28(13-12-20-10-8-7-9-11-20)23(29)16-31-21-14-18(4)24(26)19(5)15-21/h7-11,14-15,17,22H,6,12-13,16H2,1-5H3,(H,27,30). The van der Waals surface area contributed by atoms with Gasteiger partial charge < -0.3 is 15.0 Å². The van der Waals surface area contributed by atoms with E-state index in [4.69, 9.17) is 4.74 Å². The van der Waals surface area contributed by atoms with Gasteiger partial charge in [0.25, 0.3) is 5.91 Å². The van der Waals surface area contributed by atoms with E-state index in [1.165, 1.54) is 0 Å². The molecule has 0 spiro atoms. The van der Waals surface area contributed by atoms with Crippen molar-refractivity contribution in [2.45, 2.75) is 59.5 Å². The number of hydrogen-bond donors (Lipinski definition) is 1.